The fourth-order valence-electron chi connectivity index (χ4n) is 3.16. The molecule has 3 aromatic rings. The van der Waals surface area contributed by atoms with Crippen LogP contribution in [0.15, 0.2) is 36.7 Å². The van der Waals surface area contributed by atoms with Crippen LogP contribution in [-0.2, 0) is 4.74 Å². The largest absolute Gasteiger partial charge is 0.424 e. The maximum atomic E-state index is 12.1. The number of ether oxygens (including phenoxy) is 2. The van der Waals surface area contributed by atoms with Crippen LogP contribution < -0.4 is 15.4 Å². The highest BCUT2D eigenvalue weighted by molar-refractivity contribution is 5.93. The second-order valence-corrected chi connectivity index (χ2v) is 7.51. The SMILES string of the molecule is C[C@H]1COCCN1c1nc(Oc2ccc(C(=O)N(C)C)cc2)nc(-c2cnc(N)nc2)n1. The maximum Gasteiger partial charge on any atom is 0.327 e. The topological polar surface area (TPSA) is 132 Å². The molecular weight excluding hydrogens is 412 g/mol. The molecule has 32 heavy (non-hydrogen) atoms. The maximum absolute atomic E-state index is 12.1. The van der Waals surface area contributed by atoms with E-state index in [2.05, 4.69) is 24.9 Å². The van der Waals surface area contributed by atoms with Gasteiger partial charge in [-0.2, -0.15) is 15.0 Å². The molecule has 0 aliphatic carbocycles. The standard InChI is InChI=1S/C21H24N8O3/c1-13-12-31-9-8-29(13)20-25-17(15-10-23-19(22)24-11-15)26-21(27-20)32-16-6-4-14(5-7-16)18(30)28(2)3/h4-7,10-11,13H,8-9,12H2,1-3H3,(H2,22,23,24)/t13-/m0/s1. The Morgan fingerprint density at radius 1 is 1.16 bits per heavy atom. The quantitative estimate of drug-likeness (QED) is 0.629. The predicted octanol–water partition coefficient (Wildman–Crippen LogP) is 1.63. The number of amides is 1. The van der Waals surface area contributed by atoms with Gasteiger partial charge in [0.15, 0.2) is 5.82 Å². The average Bonchev–Trinajstić information content (AvgIpc) is 2.79. The van der Waals surface area contributed by atoms with E-state index in [-0.39, 0.29) is 23.9 Å². The Labute approximate surface area is 185 Å². The first kappa shape index (κ1) is 21.4. The van der Waals surface area contributed by atoms with Crippen LogP contribution in [0.1, 0.15) is 17.3 Å². The summed E-state index contributed by atoms with van der Waals surface area (Å²) < 4.78 is 11.4. The number of anilines is 2. The normalized spacial score (nSPS) is 16.0. The fourth-order valence-corrected chi connectivity index (χ4v) is 3.16. The molecule has 3 heterocycles. The number of hydrogen-bond donors (Lipinski definition) is 1. The van der Waals surface area contributed by atoms with Crippen molar-refractivity contribution >= 4 is 17.8 Å². The number of hydrogen-bond acceptors (Lipinski definition) is 10. The van der Waals surface area contributed by atoms with Crippen molar-refractivity contribution in [1.29, 1.82) is 0 Å². The molecular formula is C21H24N8O3. The third kappa shape index (κ3) is 4.72. The number of nitrogens with zero attached hydrogens (tertiary/aromatic N) is 7. The Kier molecular flexibility index (Phi) is 6.08. The number of aromatic nitrogens is 5. The van der Waals surface area contributed by atoms with Crippen molar-refractivity contribution in [1.82, 2.24) is 29.8 Å². The number of nitrogens with two attached hydrogens (primary N) is 1. The number of rotatable bonds is 5. The zero-order chi connectivity index (χ0) is 22.7. The minimum absolute atomic E-state index is 0.0887. The first-order valence-electron chi connectivity index (χ1n) is 10.1. The van der Waals surface area contributed by atoms with Crippen LogP contribution in [0, 0.1) is 0 Å². The number of benzene rings is 1. The van der Waals surface area contributed by atoms with Crippen molar-refractivity contribution in [2.75, 3.05) is 44.5 Å². The number of carbonyl (C=O) groups excluding carboxylic acids is 1. The Morgan fingerprint density at radius 2 is 1.88 bits per heavy atom. The lowest BCUT2D eigenvalue weighted by molar-refractivity contribution is 0.0827. The van der Waals surface area contributed by atoms with Crippen LogP contribution in [0.2, 0.25) is 0 Å². The van der Waals surface area contributed by atoms with Crippen molar-refractivity contribution in [2.24, 2.45) is 0 Å². The van der Waals surface area contributed by atoms with E-state index >= 15 is 0 Å². The summed E-state index contributed by atoms with van der Waals surface area (Å²) in [5, 5.41) is 0. The van der Waals surface area contributed by atoms with Gasteiger partial charge in [0.25, 0.3) is 5.91 Å². The van der Waals surface area contributed by atoms with Crippen LogP contribution in [0.4, 0.5) is 11.9 Å². The Balaban J connectivity index is 1.67. The number of carbonyl (C=O) groups is 1. The summed E-state index contributed by atoms with van der Waals surface area (Å²) in [5.74, 6) is 1.40. The van der Waals surface area contributed by atoms with Crippen LogP contribution >= 0.6 is 0 Å². The molecule has 0 saturated carbocycles. The predicted molar refractivity (Wildman–Crippen MR) is 117 cm³/mol. The summed E-state index contributed by atoms with van der Waals surface area (Å²) in [6, 6.07) is 6.99. The van der Waals surface area contributed by atoms with Crippen molar-refractivity contribution in [3.8, 4) is 23.1 Å². The average molecular weight is 436 g/mol. The number of nitrogen functional groups attached to an aromatic ring is 1. The van der Waals surface area contributed by atoms with E-state index in [1.165, 1.54) is 4.90 Å². The van der Waals surface area contributed by atoms with Crippen LogP contribution in [0.5, 0.6) is 11.8 Å². The second-order valence-electron chi connectivity index (χ2n) is 7.51. The van der Waals surface area contributed by atoms with Crippen molar-refractivity contribution < 1.29 is 14.3 Å². The summed E-state index contributed by atoms with van der Waals surface area (Å²) in [6.45, 7) is 3.83. The zero-order valence-corrected chi connectivity index (χ0v) is 18.1. The molecule has 0 bridgehead atoms. The molecule has 11 nitrogen and oxygen atoms in total. The lowest BCUT2D eigenvalue weighted by Crippen LogP contribution is -2.44. The number of morpholine rings is 1. The lowest BCUT2D eigenvalue weighted by Gasteiger charge is -2.33. The van der Waals surface area contributed by atoms with Crippen LogP contribution in [0.25, 0.3) is 11.4 Å². The highest BCUT2D eigenvalue weighted by Crippen LogP contribution is 2.25. The van der Waals surface area contributed by atoms with Gasteiger partial charge in [-0.15, -0.1) is 0 Å². The van der Waals surface area contributed by atoms with Crippen molar-refractivity contribution in [2.45, 2.75) is 13.0 Å². The monoisotopic (exact) mass is 436 g/mol. The Hall–Kier alpha value is -3.86. The van der Waals surface area contributed by atoms with Crippen LogP contribution in [-0.4, -0.2) is 75.6 Å². The molecule has 4 rings (SSSR count). The van der Waals surface area contributed by atoms with E-state index in [0.717, 1.165) is 0 Å². The molecule has 11 heteroatoms. The molecule has 0 radical (unpaired) electrons. The van der Waals surface area contributed by atoms with Gasteiger partial charge in [0.05, 0.1) is 24.8 Å². The highest BCUT2D eigenvalue weighted by atomic mass is 16.5. The molecule has 1 aliphatic rings. The molecule has 1 atom stereocenters. The molecule has 1 fully saturated rings. The van der Waals surface area contributed by atoms with Gasteiger partial charge < -0.3 is 25.0 Å². The third-order valence-corrected chi connectivity index (χ3v) is 4.87. The van der Waals surface area contributed by atoms with E-state index in [0.29, 0.717) is 48.4 Å². The lowest BCUT2D eigenvalue weighted by atomic mass is 10.2. The van der Waals surface area contributed by atoms with Gasteiger partial charge in [0, 0.05) is 38.6 Å². The molecule has 1 aliphatic heterocycles. The Bertz CT molecular complexity index is 1090. The summed E-state index contributed by atoms with van der Waals surface area (Å²) in [7, 11) is 3.41. The summed E-state index contributed by atoms with van der Waals surface area (Å²) >= 11 is 0. The molecule has 0 spiro atoms. The first-order valence-corrected chi connectivity index (χ1v) is 10.1. The molecule has 1 aromatic carbocycles. The van der Waals surface area contributed by atoms with Gasteiger partial charge in [-0.1, -0.05) is 0 Å². The highest BCUT2D eigenvalue weighted by Gasteiger charge is 2.24. The second kappa shape index (κ2) is 9.10. The summed E-state index contributed by atoms with van der Waals surface area (Å²) in [6.07, 6.45) is 3.10. The van der Waals surface area contributed by atoms with Crippen molar-refractivity contribution in [3.63, 3.8) is 0 Å². The first-order chi connectivity index (χ1) is 15.4. The van der Waals surface area contributed by atoms with E-state index in [1.807, 2.05) is 11.8 Å². The molecule has 2 N–H and O–H groups in total. The van der Waals surface area contributed by atoms with Gasteiger partial charge in [-0.05, 0) is 31.2 Å². The van der Waals surface area contributed by atoms with Crippen LogP contribution in [0.3, 0.4) is 0 Å². The smallest absolute Gasteiger partial charge is 0.327 e. The molecule has 2 aromatic heterocycles. The molecule has 1 amide bonds. The van der Waals surface area contributed by atoms with E-state index < -0.39 is 0 Å². The molecule has 0 unspecified atom stereocenters. The van der Waals surface area contributed by atoms with E-state index in [4.69, 9.17) is 15.2 Å². The van der Waals surface area contributed by atoms with Gasteiger partial charge in [-0.3, -0.25) is 4.79 Å². The third-order valence-electron chi connectivity index (χ3n) is 4.87. The molecule has 166 valence electrons. The minimum atomic E-state index is -0.0917. The zero-order valence-electron chi connectivity index (χ0n) is 18.1. The Morgan fingerprint density at radius 3 is 2.53 bits per heavy atom. The minimum Gasteiger partial charge on any atom is -0.424 e. The fraction of sp³-hybridized carbons (Fsp3) is 0.333. The van der Waals surface area contributed by atoms with E-state index in [1.54, 1.807) is 50.8 Å². The van der Waals surface area contributed by atoms with Gasteiger partial charge in [0.2, 0.25) is 11.9 Å². The van der Waals surface area contributed by atoms with E-state index in [9.17, 15) is 4.79 Å². The van der Waals surface area contributed by atoms with Gasteiger partial charge >= 0.3 is 6.01 Å². The van der Waals surface area contributed by atoms with Crippen molar-refractivity contribution in [3.05, 3.63) is 42.2 Å². The van der Waals surface area contributed by atoms with Gasteiger partial charge in [0.1, 0.15) is 5.75 Å². The summed E-state index contributed by atoms with van der Waals surface area (Å²) in [5.41, 5.74) is 6.74. The van der Waals surface area contributed by atoms with Gasteiger partial charge in [-0.25, -0.2) is 9.97 Å². The summed E-state index contributed by atoms with van der Waals surface area (Å²) in [4.78, 5) is 37.3. The molecule has 1 saturated heterocycles.